The monoisotopic (exact) mass is 344 g/mol. The number of ether oxygens (including phenoxy) is 1. The van der Waals surface area contributed by atoms with Crippen LogP contribution in [0, 0.1) is 5.82 Å². The van der Waals surface area contributed by atoms with Gasteiger partial charge in [-0.2, -0.15) is 13.2 Å². The fraction of sp³-hybridized carbons (Fsp3) is 0.529. The van der Waals surface area contributed by atoms with Crippen LogP contribution in [0.5, 0.6) is 0 Å². The molecule has 1 aromatic rings. The first-order valence-electron chi connectivity index (χ1n) is 7.97. The summed E-state index contributed by atoms with van der Waals surface area (Å²) in [5.74, 6) is -0.400. The van der Waals surface area contributed by atoms with Gasteiger partial charge in [-0.3, -0.25) is 0 Å². The number of alkyl halides is 3. The Hall–Kier alpha value is -1.76. The van der Waals surface area contributed by atoms with Gasteiger partial charge in [0.25, 0.3) is 0 Å². The van der Waals surface area contributed by atoms with Crippen LogP contribution in [-0.4, -0.2) is 41.4 Å². The second-order valence-electron chi connectivity index (χ2n) is 6.24. The van der Waals surface area contributed by atoms with E-state index in [2.05, 4.69) is 0 Å². The van der Waals surface area contributed by atoms with E-state index in [9.17, 15) is 17.6 Å². The summed E-state index contributed by atoms with van der Waals surface area (Å²) < 4.78 is 59.5. The van der Waals surface area contributed by atoms with E-state index in [-0.39, 0.29) is 12.6 Å². The molecule has 2 aliphatic heterocycles. The van der Waals surface area contributed by atoms with E-state index in [0.717, 1.165) is 0 Å². The maximum Gasteiger partial charge on any atom is 0.427 e. The highest BCUT2D eigenvalue weighted by Crippen LogP contribution is 2.38. The first-order valence-corrected chi connectivity index (χ1v) is 7.97. The maximum atomic E-state index is 13.7. The quantitative estimate of drug-likeness (QED) is 0.774. The number of hydrogen-bond donors (Lipinski definition) is 0. The molecule has 24 heavy (non-hydrogen) atoms. The molecule has 2 aliphatic rings. The zero-order valence-corrected chi connectivity index (χ0v) is 13.4. The Morgan fingerprint density at radius 2 is 1.75 bits per heavy atom. The third kappa shape index (κ3) is 3.50. The van der Waals surface area contributed by atoms with Gasteiger partial charge < -0.3 is 14.5 Å². The average Bonchev–Trinajstić information content (AvgIpc) is 2.87. The van der Waals surface area contributed by atoms with Crippen molar-refractivity contribution >= 4 is 0 Å². The number of rotatable bonds is 3. The summed E-state index contributed by atoms with van der Waals surface area (Å²) in [6.45, 7) is 2.76. The molecule has 1 saturated heterocycles. The van der Waals surface area contributed by atoms with Gasteiger partial charge in [-0.15, -0.1) is 0 Å². The first kappa shape index (κ1) is 17.1. The van der Waals surface area contributed by atoms with Crippen molar-refractivity contribution < 1.29 is 22.3 Å². The summed E-state index contributed by atoms with van der Waals surface area (Å²) in [7, 11) is 0. The molecule has 0 aliphatic carbocycles. The van der Waals surface area contributed by atoms with Crippen molar-refractivity contribution in [1.29, 1.82) is 0 Å². The average molecular weight is 344 g/mol. The molecule has 0 amide bonds. The van der Waals surface area contributed by atoms with Crippen LogP contribution < -0.4 is 0 Å². The largest absolute Gasteiger partial charge is 0.427 e. The first-order chi connectivity index (χ1) is 11.4. The van der Waals surface area contributed by atoms with E-state index < -0.39 is 18.2 Å². The summed E-state index contributed by atoms with van der Waals surface area (Å²) in [4.78, 5) is 2.75. The van der Waals surface area contributed by atoms with Crippen molar-refractivity contribution in [3.63, 3.8) is 0 Å². The number of halogens is 4. The predicted molar refractivity (Wildman–Crippen MR) is 81.2 cm³/mol. The number of benzene rings is 1. The fourth-order valence-corrected chi connectivity index (χ4v) is 3.46. The molecule has 2 heterocycles. The van der Waals surface area contributed by atoms with E-state index in [1.165, 1.54) is 34.1 Å². The number of allylic oxidation sites excluding steroid dienone is 1. The highest BCUT2D eigenvalue weighted by atomic mass is 19.4. The Morgan fingerprint density at radius 1 is 1.12 bits per heavy atom. The normalized spacial score (nSPS) is 22.9. The van der Waals surface area contributed by atoms with Gasteiger partial charge in [-0.25, -0.2) is 4.39 Å². The van der Waals surface area contributed by atoms with Crippen molar-refractivity contribution in [3.05, 3.63) is 47.5 Å². The number of nitrogens with zero attached hydrogens (tertiary/aromatic N) is 2. The predicted octanol–water partition coefficient (Wildman–Crippen LogP) is 3.87. The molecule has 1 unspecified atom stereocenters. The second kappa shape index (κ2) is 6.63. The SMILES string of the molecule is CC1=CN(Cc2ccc(F)cc2)C(C(F)(F)F)N1C1CCOCC1. The van der Waals surface area contributed by atoms with Crippen LogP contribution in [0.15, 0.2) is 36.2 Å². The summed E-state index contributed by atoms with van der Waals surface area (Å²) in [5.41, 5.74) is 1.25. The second-order valence-corrected chi connectivity index (χ2v) is 6.24. The Labute approximate surface area is 138 Å². The van der Waals surface area contributed by atoms with Crippen molar-refractivity contribution in [2.75, 3.05) is 13.2 Å². The minimum atomic E-state index is -4.38. The molecule has 0 radical (unpaired) electrons. The standard InChI is InChI=1S/C17H20F4N2O/c1-12-10-22(11-13-2-4-14(18)5-3-13)16(17(19,20)21)23(12)15-6-8-24-9-7-15/h2-5,10,15-16H,6-9,11H2,1H3. The molecule has 1 aromatic carbocycles. The zero-order chi connectivity index (χ0) is 17.3. The molecule has 0 N–H and O–H groups in total. The molecular weight excluding hydrogens is 324 g/mol. The Bertz CT molecular complexity index is 594. The van der Waals surface area contributed by atoms with Crippen LogP contribution >= 0.6 is 0 Å². The van der Waals surface area contributed by atoms with Crippen LogP contribution in [-0.2, 0) is 11.3 Å². The molecule has 3 rings (SSSR count). The molecule has 132 valence electrons. The summed E-state index contributed by atoms with van der Waals surface area (Å²) in [6.07, 6.45) is -3.35. The molecule has 0 spiro atoms. The number of hydrogen-bond acceptors (Lipinski definition) is 3. The van der Waals surface area contributed by atoms with Crippen LogP contribution in [0.2, 0.25) is 0 Å². The molecule has 0 aromatic heterocycles. The minimum absolute atomic E-state index is 0.0848. The van der Waals surface area contributed by atoms with Gasteiger partial charge in [-0.05, 0) is 37.5 Å². The smallest absolute Gasteiger partial charge is 0.381 e. The highest BCUT2D eigenvalue weighted by Gasteiger charge is 2.51. The van der Waals surface area contributed by atoms with Crippen molar-refractivity contribution in [2.45, 2.75) is 44.7 Å². The lowest BCUT2D eigenvalue weighted by Crippen LogP contribution is -2.54. The zero-order valence-electron chi connectivity index (χ0n) is 13.4. The van der Waals surface area contributed by atoms with Crippen molar-refractivity contribution in [3.8, 4) is 0 Å². The minimum Gasteiger partial charge on any atom is -0.381 e. The van der Waals surface area contributed by atoms with Crippen LogP contribution in [0.4, 0.5) is 17.6 Å². The van der Waals surface area contributed by atoms with E-state index >= 15 is 0 Å². The van der Waals surface area contributed by atoms with E-state index in [4.69, 9.17) is 4.74 Å². The third-order valence-corrected chi connectivity index (χ3v) is 4.49. The molecule has 3 nitrogen and oxygen atoms in total. The maximum absolute atomic E-state index is 13.7. The summed E-state index contributed by atoms with van der Waals surface area (Å²) in [5, 5.41) is 0. The Morgan fingerprint density at radius 3 is 2.33 bits per heavy atom. The lowest BCUT2D eigenvalue weighted by molar-refractivity contribution is -0.214. The van der Waals surface area contributed by atoms with Crippen LogP contribution in [0.3, 0.4) is 0 Å². The van der Waals surface area contributed by atoms with Crippen LogP contribution in [0.1, 0.15) is 25.3 Å². The third-order valence-electron chi connectivity index (χ3n) is 4.49. The lowest BCUT2D eigenvalue weighted by atomic mass is 10.1. The van der Waals surface area contributed by atoms with E-state index in [1.54, 1.807) is 13.1 Å². The van der Waals surface area contributed by atoms with Crippen LogP contribution in [0.25, 0.3) is 0 Å². The fourth-order valence-electron chi connectivity index (χ4n) is 3.46. The topological polar surface area (TPSA) is 15.7 Å². The van der Waals surface area contributed by atoms with Gasteiger partial charge >= 0.3 is 6.18 Å². The molecule has 7 heteroatoms. The molecule has 1 atom stereocenters. The van der Waals surface area contributed by atoms with E-state index in [1.807, 2.05) is 0 Å². The van der Waals surface area contributed by atoms with Gasteiger partial charge in [0.15, 0.2) is 0 Å². The van der Waals surface area contributed by atoms with Gasteiger partial charge in [0, 0.05) is 37.7 Å². The Kier molecular flexibility index (Phi) is 4.71. The van der Waals surface area contributed by atoms with Gasteiger partial charge in [0.1, 0.15) is 5.82 Å². The lowest BCUT2D eigenvalue weighted by Gasteiger charge is -2.41. The van der Waals surface area contributed by atoms with Crippen molar-refractivity contribution in [2.24, 2.45) is 0 Å². The molecule has 0 saturated carbocycles. The molecule has 1 fully saturated rings. The summed E-state index contributed by atoms with van der Waals surface area (Å²) in [6, 6.07) is 5.38. The highest BCUT2D eigenvalue weighted by molar-refractivity contribution is 5.19. The van der Waals surface area contributed by atoms with E-state index in [0.29, 0.717) is 37.3 Å². The van der Waals surface area contributed by atoms with Gasteiger partial charge in [-0.1, -0.05) is 12.1 Å². The molecule has 0 bridgehead atoms. The summed E-state index contributed by atoms with van der Waals surface area (Å²) >= 11 is 0. The molecular formula is C17H20F4N2O. The van der Waals surface area contributed by atoms with Gasteiger partial charge in [0.05, 0.1) is 0 Å². The van der Waals surface area contributed by atoms with Crippen molar-refractivity contribution in [1.82, 2.24) is 9.80 Å². The van der Waals surface area contributed by atoms with Gasteiger partial charge in [0.2, 0.25) is 6.17 Å². The Balaban J connectivity index is 1.84.